The first kappa shape index (κ1) is 22.5. The van der Waals surface area contributed by atoms with Gasteiger partial charge in [0, 0.05) is 24.8 Å². The Bertz CT molecular complexity index is 1460. The third-order valence-corrected chi connectivity index (χ3v) is 6.45. The summed E-state index contributed by atoms with van der Waals surface area (Å²) in [4.78, 5) is 20.3. The van der Waals surface area contributed by atoms with Crippen molar-refractivity contribution < 1.29 is 4.79 Å². The Balaban J connectivity index is 1.49. The van der Waals surface area contributed by atoms with Gasteiger partial charge in [-0.1, -0.05) is 72.8 Å². The summed E-state index contributed by atoms with van der Waals surface area (Å²) in [5.74, 6) is -0.0653. The third kappa shape index (κ3) is 4.85. The molecule has 0 bridgehead atoms. The van der Waals surface area contributed by atoms with Gasteiger partial charge in [0.2, 0.25) is 0 Å². The van der Waals surface area contributed by atoms with E-state index in [0.29, 0.717) is 24.3 Å². The molecule has 3 aromatic carbocycles. The minimum absolute atomic E-state index is 0.0653. The molecule has 0 aliphatic rings. The van der Waals surface area contributed by atoms with Crippen LogP contribution in [0.4, 0.5) is 0 Å². The molecule has 2 aromatic heterocycles. The van der Waals surface area contributed by atoms with Gasteiger partial charge in [-0.3, -0.25) is 4.79 Å². The predicted molar refractivity (Wildman–Crippen MR) is 139 cm³/mol. The molecule has 5 nitrogen and oxygen atoms in total. The van der Waals surface area contributed by atoms with Crippen molar-refractivity contribution in [3.8, 4) is 11.3 Å². The van der Waals surface area contributed by atoms with E-state index in [1.165, 1.54) is 16.7 Å². The number of aryl methyl sites for hydroxylation is 2. The molecule has 5 rings (SSSR count). The van der Waals surface area contributed by atoms with E-state index in [0.717, 1.165) is 23.2 Å². The third-order valence-electron chi connectivity index (χ3n) is 6.45. The smallest absolute Gasteiger partial charge is 0.259 e. The zero-order valence-electron chi connectivity index (χ0n) is 20.1. The first-order valence-electron chi connectivity index (χ1n) is 11.9. The predicted octanol–water partition coefficient (Wildman–Crippen LogP) is 5.90. The fourth-order valence-corrected chi connectivity index (χ4v) is 4.30. The topological polar surface area (TPSA) is 50.5 Å². The molecule has 2 heterocycles. The Morgan fingerprint density at radius 3 is 2.29 bits per heavy atom. The molecule has 0 radical (unpaired) electrons. The van der Waals surface area contributed by atoms with Crippen molar-refractivity contribution in [2.75, 3.05) is 6.54 Å². The molecule has 1 amide bonds. The number of hydrogen-bond donors (Lipinski definition) is 0. The van der Waals surface area contributed by atoms with E-state index < -0.39 is 0 Å². The fourth-order valence-electron chi connectivity index (χ4n) is 4.30. The van der Waals surface area contributed by atoms with Crippen molar-refractivity contribution in [2.24, 2.45) is 0 Å². The highest BCUT2D eigenvalue weighted by molar-refractivity contribution is 6.00. The van der Waals surface area contributed by atoms with Crippen LogP contribution >= 0.6 is 0 Å². The van der Waals surface area contributed by atoms with Crippen molar-refractivity contribution in [1.29, 1.82) is 0 Å². The largest absolute Gasteiger partial charge is 0.334 e. The van der Waals surface area contributed by atoms with Crippen molar-refractivity contribution in [2.45, 2.75) is 26.8 Å². The SMILES string of the molecule is Cc1ccc(-c2ccnc3c(C(=O)N(CCc4ccccc4)Cc4ccccc4)cnn23)cc1C. The maximum absolute atomic E-state index is 13.8. The van der Waals surface area contributed by atoms with E-state index in [1.54, 1.807) is 16.9 Å². The number of nitrogens with zero attached hydrogens (tertiary/aromatic N) is 4. The Hall–Kier alpha value is -4.25. The van der Waals surface area contributed by atoms with Gasteiger partial charge in [0.1, 0.15) is 5.56 Å². The Kier molecular flexibility index (Phi) is 6.40. The molecule has 0 fully saturated rings. The summed E-state index contributed by atoms with van der Waals surface area (Å²) in [6, 6.07) is 28.6. The van der Waals surface area contributed by atoms with E-state index in [2.05, 4.69) is 66.4 Å². The first-order chi connectivity index (χ1) is 17.1. The van der Waals surface area contributed by atoms with Crippen LogP contribution in [0.15, 0.2) is 97.3 Å². The Labute approximate surface area is 205 Å². The summed E-state index contributed by atoms with van der Waals surface area (Å²) in [5.41, 5.74) is 7.80. The van der Waals surface area contributed by atoms with Gasteiger partial charge in [-0.2, -0.15) is 5.10 Å². The van der Waals surface area contributed by atoms with Crippen molar-refractivity contribution >= 4 is 11.6 Å². The second kappa shape index (κ2) is 9.94. The van der Waals surface area contributed by atoms with Crippen LogP contribution in [0.3, 0.4) is 0 Å². The molecular weight excluding hydrogens is 432 g/mol. The Morgan fingerprint density at radius 1 is 0.857 bits per heavy atom. The normalized spacial score (nSPS) is 11.0. The Morgan fingerprint density at radius 2 is 1.57 bits per heavy atom. The maximum Gasteiger partial charge on any atom is 0.259 e. The molecule has 0 spiro atoms. The lowest BCUT2D eigenvalue weighted by molar-refractivity contribution is 0.0747. The summed E-state index contributed by atoms with van der Waals surface area (Å²) >= 11 is 0. The molecule has 5 aromatic rings. The van der Waals surface area contributed by atoms with E-state index in [-0.39, 0.29) is 5.91 Å². The van der Waals surface area contributed by atoms with Gasteiger partial charge in [-0.15, -0.1) is 0 Å². The van der Waals surface area contributed by atoms with Crippen molar-refractivity contribution in [3.63, 3.8) is 0 Å². The molecule has 0 unspecified atom stereocenters. The van der Waals surface area contributed by atoms with Crippen LogP contribution in [-0.2, 0) is 13.0 Å². The molecule has 0 aliphatic carbocycles. The maximum atomic E-state index is 13.8. The van der Waals surface area contributed by atoms with Gasteiger partial charge in [0.15, 0.2) is 5.65 Å². The summed E-state index contributed by atoms with van der Waals surface area (Å²) in [6.07, 6.45) is 4.18. The van der Waals surface area contributed by atoms with E-state index >= 15 is 0 Å². The van der Waals surface area contributed by atoms with Crippen LogP contribution < -0.4 is 0 Å². The number of carbonyl (C=O) groups excluding carboxylic acids is 1. The number of hydrogen-bond acceptors (Lipinski definition) is 3. The molecular formula is C30H28N4O. The van der Waals surface area contributed by atoms with E-state index in [1.807, 2.05) is 47.4 Å². The number of benzene rings is 3. The monoisotopic (exact) mass is 460 g/mol. The minimum Gasteiger partial charge on any atom is -0.334 e. The summed E-state index contributed by atoms with van der Waals surface area (Å²) in [6.45, 7) is 5.33. The summed E-state index contributed by atoms with van der Waals surface area (Å²) < 4.78 is 1.77. The van der Waals surface area contributed by atoms with Crippen LogP contribution in [0.25, 0.3) is 16.9 Å². The number of fused-ring (bicyclic) bond motifs is 1. The highest BCUT2D eigenvalue weighted by Gasteiger charge is 2.22. The van der Waals surface area contributed by atoms with E-state index in [4.69, 9.17) is 0 Å². The fraction of sp³-hybridized carbons (Fsp3) is 0.167. The second-order valence-corrected chi connectivity index (χ2v) is 8.87. The van der Waals surface area contributed by atoms with Crippen LogP contribution in [0.1, 0.15) is 32.6 Å². The standard InChI is InChI=1S/C30H28N4O/c1-22-13-14-26(19-23(22)2)28-15-17-31-29-27(20-32-34(28)29)30(35)33(21-25-11-7-4-8-12-25)18-16-24-9-5-3-6-10-24/h3-15,17,19-20H,16,18,21H2,1-2H3. The molecule has 0 aliphatic heterocycles. The number of aromatic nitrogens is 3. The van der Waals surface area contributed by atoms with Gasteiger partial charge >= 0.3 is 0 Å². The zero-order chi connectivity index (χ0) is 24.2. The van der Waals surface area contributed by atoms with Crippen LogP contribution in [0.2, 0.25) is 0 Å². The van der Waals surface area contributed by atoms with Gasteiger partial charge in [0.05, 0.1) is 11.9 Å². The van der Waals surface area contributed by atoms with Crippen molar-refractivity contribution in [3.05, 3.63) is 125 Å². The average Bonchev–Trinajstić information content (AvgIpc) is 3.33. The molecule has 35 heavy (non-hydrogen) atoms. The lowest BCUT2D eigenvalue weighted by atomic mass is 10.0. The molecule has 0 saturated carbocycles. The first-order valence-corrected chi connectivity index (χ1v) is 11.9. The minimum atomic E-state index is -0.0653. The van der Waals surface area contributed by atoms with Gasteiger partial charge < -0.3 is 4.90 Å². The second-order valence-electron chi connectivity index (χ2n) is 8.87. The molecule has 0 N–H and O–H groups in total. The van der Waals surface area contributed by atoms with Gasteiger partial charge in [-0.05, 0) is 54.7 Å². The average molecular weight is 461 g/mol. The highest BCUT2D eigenvalue weighted by Crippen LogP contribution is 2.24. The van der Waals surface area contributed by atoms with Gasteiger partial charge in [0.25, 0.3) is 5.91 Å². The highest BCUT2D eigenvalue weighted by atomic mass is 16.2. The lowest BCUT2D eigenvalue weighted by Gasteiger charge is -2.22. The number of rotatable bonds is 7. The van der Waals surface area contributed by atoms with Crippen LogP contribution in [-0.4, -0.2) is 31.9 Å². The summed E-state index contributed by atoms with van der Waals surface area (Å²) in [5, 5.41) is 4.58. The zero-order valence-corrected chi connectivity index (χ0v) is 20.1. The van der Waals surface area contributed by atoms with Gasteiger partial charge in [-0.25, -0.2) is 9.50 Å². The number of carbonyl (C=O) groups is 1. The van der Waals surface area contributed by atoms with Crippen LogP contribution in [0.5, 0.6) is 0 Å². The van der Waals surface area contributed by atoms with E-state index in [9.17, 15) is 4.79 Å². The lowest BCUT2D eigenvalue weighted by Crippen LogP contribution is -2.32. The molecule has 0 saturated heterocycles. The molecule has 0 atom stereocenters. The van der Waals surface area contributed by atoms with Crippen molar-refractivity contribution in [1.82, 2.24) is 19.5 Å². The summed E-state index contributed by atoms with van der Waals surface area (Å²) in [7, 11) is 0. The number of amides is 1. The van der Waals surface area contributed by atoms with Crippen LogP contribution in [0, 0.1) is 13.8 Å². The molecule has 5 heteroatoms. The quantitative estimate of drug-likeness (QED) is 0.304. The molecule has 174 valence electrons.